The van der Waals surface area contributed by atoms with Crippen LogP contribution >= 0.6 is 34.2 Å². The molecule has 1 amide bonds. The lowest BCUT2D eigenvalue weighted by Crippen LogP contribution is -2.26. The van der Waals surface area contributed by atoms with Crippen LogP contribution in [0.25, 0.3) is 0 Å². The fraction of sp³-hybridized carbons (Fsp3) is 0.462. The molecule has 0 aromatic heterocycles. The Morgan fingerprint density at radius 3 is 2.71 bits per heavy atom. The lowest BCUT2D eigenvalue weighted by Gasteiger charge is -2.06. The second kappa shape index (κ2) is 8.75. The van der Waals surface area contributed by atoms with Gasteiger partial charge in [-0.15, -0.1) is 0 Å². The summed E-state index contributed by atoms with van der Waals surface area (Å²) in [5.41, 5.74) is 0.888. The lowest BCUT2D eigenvalue weighted by molar-refractivity contribution is -0.120. The van der Waals surface area contributed by atoms with Crippen LogP contribution in [0.15, 0.2) is 24.3 Å². The van der Waals surface area contributed by atoms with Crippen molar-refractivity contribution in [2.75, 3.05) is 11.0 Å². The molecule has 0 bridgehead atoms. The minimum atomic E-state index is 0.0487. The van der Waals surface area contributed by atoms with Gasteiger partial charge < -0.3 is 5.32 Å². The number of unbranched alkanes of at least 4 members (excludes halogenated alkanes) is 2. The zero-order valence-electron chi connectivity index (χ0n) is 9.72. The number of alkyl halides is 1. The molecule has 0 saturated heterocycles. The third kappa shape index (κ3) is 6.27. The van der Waals surface area contributed by atoms with Crippen molar-refractivity contribution in [3.8, 4) is 0 Å². The standard InChI is InChI=1S/C13H17ClINO/c14-12-7-3-2-6-11(12)10-13(17)16-9-5-1-4-8-15/h2-3,6-7H,1,4-5,8-10H2,(H,16,17). The van der Waals surface area contributed by atoms with Crippen LogP contribution in [0, 0.1) is 0 Å². The highest BCUT2D eigenvalue weighted by atomic mass is 127. The van der Waals surface area contributed by atoms with Crippen LogP contribution in [0.1, 0.15) is 24.8 Å². The summed E-state index contributed by atoms with van der Waals surface area (Å²) >= 11 is 8.36. The molecule has 0 aliphatic carbocycles. The average molecular weight is 366 g/mol. The summed E-state index contributed by atoms with van der Waals surface area (Å²) < 4.78 is 1.19. The zero-order valence-corrected chi connectivity index (χ0v) is 12.6. The van der Waals surface area contributed by atoms with Crippen molar-refractivity contribution in [1.82, 2.24) is 5.32 Å². The third-order valence-electron chi connectivity index (χ3n) is 2.44. The predicted octanol–water partition coefficient (Wildman–Crippen LogP) is 3.60. The summed E-state index contributed by atoms with van der Waals surface area (Å²) in [7, 11) is 0. The molecular weight excluding hydrogens is 349 g/mol. The van der Waals surface area contributed by atoms with Gasteiger partial charge >= 0.3 is 0 Å². The molecule has 0 atom stereocenters. The van der Waals surface area contributed by atoms with Crippen LogP contribution in [-0.2, 0) is 11.2 Å². The maximum atomic E-state index is 11.6. The Labute approximate surface area is 121 Å². The smallest absolute Gasteiger partial charge is 0.224 e. The molecule has 1 aromatic rings. The molecule has 0 heterocycles. The highest BCUT2D eigenvalue weighted by molar-refractivity contribution is 14.1. The number of amides is 1. The largest absolute Gasteiger partial charge is 0.356 e. The first-order chi connectivity index (χ1) is 8.24. The SMILES string of the molecule is O=C(Cc1ccccc1Cl)NCCCCCI. The third-order valence-corrected chi connectivity index (χ3v) is 3.57. The Bertz CT molecular complexity index is 357. The first-order valence-corrected chi connectivity index (χ1v) is 7.70. The van der Waals surface area contributed by atoms with Gasteiger partial charge in [0.05, 0.1) is 6.42 Å². The molecule has 0 spiro atoms. The summed E-state index contributed by atoms with van der Waals surface area (Å²) in [5.74, 6) is 0.0487. The van der Waals surface area contributed by atoms with Crippen LogP contribution in [0.5, 0.6) is 0 Å². The molecular formula is C13H17ClINO. The van der Waals surface area contributed by atoms with Crippen LogP contribution in [0.2, 0.25) is 5.02 Å². The van der Waals surface area contributed by atoms with E-state index >= 15 is 0 Å². The van der Waals surface area contributed by atoms with Crippen LogP contribution in [0.4, 0.5) is 0 Å². The number of halogens is 2. The van der Waals surface area contributed by atoms with Gasteiger partial charge in [0.2, 0.25) is 5.91 Å². The molecule has 0 unspecified atom stereocenters. The Hall–Kier alpha value is -0.290. The predicted molar refractivity (Wildman–Crippen MR) is 80.9 cm³/mol. The molecule has 0 aliphatic rings. The van der Waals surface area contributed by atoms with Gasteiger partial charge in [0.25, 0.3) is 0 Å². The first kappa shape index (κ1) is 14.8. The topological polar surface area (TPSA) is 29.1 Å². The molecule has 1 aromatic carbocycles. The van der Waals surface area contributed by atoms with Crippen molar-refractivity contribution in [2.45, 2.75) is 25.7 Å². The van der Waals surface area contributed by atoms with Crippen molar-refractivity contribution >= 4 is 40.1 Å². The second-order valence-electron chi connectivity index (χ2n) is 3.87. The number of nitrogens with one attached hydrogen (secondary N) is 1. The highest BCUT2D eigenvalue weighted by Gasteiger charge is 2.05. The van der Waals surface area contributed by atoms with Gasteiger partial charge in [-0.3, -0.25) is 4.79 Å². The molecule has 0 fully saturated rings. The van der Waals surface area contributed by atoms with Gasteiger partial charge in [-0.1, -0.05) is 58.8 Å². The maximum absolute atomic E-state index is 11.6. The maximum Gasteiger partial charge on any atom is 0.224 e. The Morgan fingerprint density at radius 1 is 1.24 bits per heavy atom. The Balaban J connectivity index is 2.23. The zero-order chi connectivity index (χ0) is 12.5. The van der Waals surface area contributed by atoms with Crippen LogP contribution < -0.4 is 5.32 Å². The molecule has 0 saturated carbocycles. The normalized spacial score (nSPS) is 10.2. The second-order valence-corrected chi connectivity index (χ2v) is 5.35. The molecule has 4 heteroatoms. The highest BCUT2D eigenvalue weighted by Crippen LogP contribution is 2.15. The van der Waals surface area contributed by atoms with E-state index in [-0.39, 0.29) is 5.91 Å². The number of hydrogen-bond donors (Lipinski definition) is 1. The minimum Gasteiger partial charge on any atom is -0.356 e. The fourth-order valence-electron chi connectivity index (χ4n) is 1.50. The van der Waals surface area contributed by atoms with Gasteiger partial charge in [-0.2, -0.15) is 0 Å². The molecule has 1 N–H and O–H groups in total. The van der Waals surface area contributed by atoms with E-state index < -0.39 is 0 Å². The molecule has 17 heavy (non-hydrogen) atoms. The number of carbonyl (C=O) groups excluding carboxylic acids is 1. The molecule has 0 aliphatic heterocycles. The van der Waals surface area contributed by atoms with Gasteiger partial charge in [-0.25, -0.2) is 0 Å². The summed E-state index contributed by atoms with van der Waals surface area (Å²) in [6.45, 7) is 0.764. The van der Waals surface area contributed by atoms with Crippen LogP contribution in [0.3, 0.4) is 0 Å². The quantitative estimate of drug-likeness (QED) is 0.446. The van der Waals surface area contributed by atoms with E-state index in [0.29, 0.717) is 11.4 Å². The van der Waals surface area contributed by atoms with Crippen molar-refractivity contribution < 1.29 is 4.79 Å². The summed E-state index contributed by atoms with van der Waals surface area (Å²) in [4.78, 5) is 11.6. The fourth-order valence-corrected chi connectivity index (χ4v) is 2.24. The number of rotatable bonds is 7. The van der Waals surface area contributed by atoms with E-state index in [1.807, 2.05) is 24.3 Å². The number of benzene rings is 1. The van der Waals surface area contributed by atoms with E-state index in [2.05, 4.69) is 27.9 Å². The Morgan fingerprint density at radius 2 is 2.00 bits per heavy atom. The molecule has 2 nitrogen and oxygen atoms in total. The lowest BCUT2D eigenvalue weighted by atomic mass is 10.1. The summed E-state index contributed by atoms with van der Waals surface area (Å²) in [6.07, 6.45) is 3.82. The molecule has 94 valence electrons. The van der Waals surface area contributed by atoms with E-state index in [4.69, 9.17) is 11.6 Å². The number of hydrogen-bond acceptors (Lipinski definition) is 1. The van der Waals surface area contributed by atoms with Crippen molar-refractivity contribution in [1.29, 1.82) is 0 Å². The van der Waals surface area contributed by atoms with Gasteiger partial charge in [0, 0.05) is 11.6 Å². The first-order valence-electron chi connectivity index (χ1n) is 5.80. The van der Waals surface area contributed by atoms with Gasteiger partial charge in [0.1, 0.15) is 0 Å². The summed E-state index contributed by atoms with van der Waals surface area (Å²) in [6, 6.07) is 7.46. The van der Waals surface area contributed by atoms with E-state index in [9.17, 15) is 4.79 Å². The van der Waals surface area contributed by atoms with Gasteiger partial charge in [-0.05, 0) is 28.9 Å². The van der Waals surface area contributed by atoms with E-state index in [0.717, 1.165) is 18.5 Å². The van der Waals surface area contributed by atoms with Crippen LogP contribution in [-0.4, -0.2) is 16.9 Å². The monoisotopic (exact) mass is 365 g/mol. The summed E-state index contributed by atoms with van der Waals surface area (Å²) in [5, 5.41) is 3.58. The average Bonchev–Trinajstić information content (AvgIpc) is 2.32. The van der Waals surface area contributed by atoms with Crippen molar-refractivity contribution in [3.63, 3.8) is 0 Å². The molecule has 0 radical (unpaired) electrons. The number of carbonyl (C=O) groups is 1. The van der Waals surface area contributed by atoms with E-state index in [1.165, 1.54) is 17.3 Å². The minimum absolute atomic E-state index is 0.0487. The van der Waals surface area contributed by atoms with Crippen molar-refractivity contribution in [2.24, 2.45) is 0 Å². The van der Waals surface area contributed by atoms with E-state index in [1.54, 1.807) is 0 Å². The van der Waals surface area contributed by atoms with Gasteiger partial charge in [0.15, 0.2) is 0 Å². The molecule has 1 rings (SSSR count). The van der Waals surface area contributed by atoms with Crippen molar-refractivity contribution in [3.05, 3.63) is 34.9 Å². The Kier molecular flexibility index (Phi) is 7.60.